The van der Waals surface area contributed by atoms with Crippen LogP contribution in [0.25, 0.3) is 11.0 Å². The summed E-state index contributed by atoms with van der Waals surface area (Å²) in [4.78, 5) is 15.1. The normalized spacial score (nSPS) is 13.9. The van der Waals surface area contributed by atoms with E-state index >= 15 is 0 Å². The van der Waals surface area contributed by atoms with Crippen LogP contribution in [0.15, 0.2) is 41.5 Å². The largest absolute Gasteiger partial charge is 0.506 e. The first-order chi connectivity index (χ1) is 15.3. The number of hydrogen-bond acceptors (Lipinski definition) is 6. The summed E-state index contributed by atoms with van der Waals surface area (Å²) in [7, 11) is 7.56. The Hall–Kier alpha value is -3.55. The molecule has 0 aliphatic carbocycles. The van der Waals surface area contributed by atoms with Gasteiger partial charge in [0.05, 0.1) is 20.7 Å². The van der Waals surface area contributed by atoms with Crippen molar-refractivity contribution >= 4 is 34.1 Å². The van der Waals surface area contributed by atoms with Crippen LogP contribution in [0, 0.1) is 0 Å². The molecule has 3 aromatic rings. The second-order valence-corrected chi connectivity index (χ2v) is 8.12. The maximum Gasteiger partial charge on any atom is 0.367 e. The number of aromatic hydroxyl groups is 1. The number of hydrogen-bond donors (Lipinski definition) is 1. The lowest BCUT2D eigenvalue weighted by molar-refractivity contribution is -0.646. The number of aryl methyl sites for hydroxylation is 3. The average Bonchev–Trinajstić information content (AvgIpc) is 3.03. The van der Waals surface area contributed by atoms with Crippen LogP contribution in [0.2, 0.25) is 0 Å². The van der Waals surface area contributed by atoms with Crippen LogP contribution in [-0.2, 0) is 30.0 Å². The summed E-state index contributed by atoms with van der Waals surface area (Å²) in [5, 5.41) is 16.9. The molecule has 1 aliphatic rings. The van der Waals surface area contributed by atoms with Crippen molar-refractivity contribution in [1.82, 2.24) is 4.57 Å². The summed E-state index contributed by atoms with van der Waals surface area (Å²) < 4.78 is 9.21. The number of hydrazone groups is 1. The molecule has 0 saturated carbocycles. The van der Waals surface area contributed by atoms with E-state index in [1.165, 1.54) is 0 Å². The van der Waals surface area contributed by atoms with Gasteiger partial charge in [-0.15, -0.1) is 0 Å². The highest BCUT2D eigenvalue weighted by molar-refractivity contribution is 6.42. The van der Waals surface area contributed by atoms with Gasteiger partial charge in [-0.25, -0.2) is 13.9 Å². The highest BCUT2D eigenvalue weighted by Crippen LogP contribution is 2.37. The predicted octanol–water partition coefficient (Wildman–Crippen LogP) is 2.49. The van der Waals surface area contributed by atoms with Crippen LogP contribution < -0.4 is 14.5 Å². The fraction of sp³-hybridized carbons (Fsp3) is 0.375. The summed E-state index contributed by atoms with van der Waals surface area (Å²) in [6.45, 7) is 2.97. The molecule has 0 spiro atoms. The van der Waals surface area contributed by atoms with Gasteiger partial charge in [0, 0.05) is 32.4 Å². The van der Waals surface area contributed by atoms with Crippen molar-refractivity contribution in [1.29, 1.82) is 0 Å². The van der Waals surface area contributed by atoms with Crippen molar-refractivity contribution in [2.75, 3.05) is 37.2 Å². The third-order valence-corrected chi connectivity index (χ3v) is 6.05. The molecule has 0 radical (unpaired) electrons. The van der Waals surface area contributed by atoms with Crippen molar-refractivity contribution in [2.24, 2.45) is 19.2 Å². The van der Waals surface area contributed by atoms with Crippen LogP contribution in [0.3, 0.4) is 0 Å². The Morgan fingerprint density at radius 2 is 2.03 bits per heavy atom. The van der Waals surface area contributed by atoms with Gasteiger partial charge in [-0.3, -0.25) is 5.01 Å². The molecular weight excluding hydrogens is 406 g/mol. The van der Waals surface area contributed by atoms with Crippen molar-refractivity contribution in [3.05, 3.63) is 47.8 Å². The number of para-hydroxylation sites is 2. The SMILES string of the molecule is CCOC(=O)/C(=N\N(C)c1cc2c(cc1O)N(C)CCC2)c1n(C)c2ccccc2[n+]1C. The lowest BCUT2D eigenvalue weighted by Gasteiger charge is -2.29. The highest BCUT2D eigenvalue weighted by Gasteiger charge is 2.32. The molecule has 4 rings (SSSR count). The minimum Gasteiger partial charge on any atom is -0.506 e. The van der Waals surface area contributed by atoms with Gasteiger partial charge in [-0.1, -0.05) is 12.1 Å². The fourth-order valence-corrected chi connectivity index (χ4v) is 4.43. The van der Waals surface area contributed by atoms with Crippen molar-refractivity contribution < 1.29 is 19.2 Å². The molecule has 0 atom stereocenters. The van der Waals surface area contributed by atoms with Crippen molar-refractivity contribution in [2.45, 2.75) is 19.8 Å². The lowest BCUT2D eigenvalue weighted by Crippen LogP contribution is -2.40. The quantitative estimate of drug-likeness (QED) is 0.288. The summed E-state index contributed by atoms with van der Waals surface area (Å²) in [5.41, 5.74) is 4.85. The molecular formula is C24H30N5O3+. The average molecular weight is 437 g/mol. The number of aromatic nitrogens is 2. The molecule has 1 aromatic heterocycles. The smallest absolute Gasteiger partial charge is 0.367 e. The highest BCUT2D eigenvalue weighted by atomic mass is 16.5. The Kier molecular flexibility index (Phi) is 5.78. The van der Waals surface area contributed by atoms with Crippen LogP contribution in [0.5, 0.6) is 5.75 Å². The van der Waals surface area contributed by atoms with E-state index in [0.717, 1.165) is 41.7 Å². The number of phenols is 1. The molecule has 2 heterocycles. The Bertz CT molecular complexity index is 1180. The van der Waals surface area contributed by atoms with Crippen LogP contribution in [0.1, 0.15) is 24.7 Å². The molecule has 1 aliphatic heterocycles. The van der Waals surface area contributed by atoms with Gasteiger partial charge >= 0.3 is 11.8 Å². The number of carbonyl (C=O) groups is 1. The van der Waals surface area contributed by atoms with E-state index in [1.807, 2.05) is 60.6 Å². The van der Waals surface area contributed by atoms with Gasteiger partial charge in [0.15, 0.2) is 11.0 Å². The molecule has 32 heavy (non-hydrogen) atoms. The van der Waals surface area contributed by atoms with E-state index in [2.05, 4.69) is 10.0 Å². The van der Waals surface area contributed by atoms with E-state index in [0.29, 0.717) is 11.5 Å². The van der Waals surface area contributed by atoms with Crippen LogP contribution in [0.4, 0.5) is 11.4 Å². The van der Waals surface area contributed by atoms with E-state index in [9.17, 15) is 9.90 Å². The molecule has 1 N–H and O–H groups in total. The summed E-state index contributed by atoms with van der Waals surface area (Å²) in [6, 6.07) is 11.6. The van der Waals surface area contributed by atoms with Crippen molar-refractivity contribution in [3.8, 4) is 5.75 Å². The Balaban J connectivity index is 1.84. The van der Waals surface area contributed by atoms with Gasteiger partial charge in [-0.2, -0.15) is 5.10 Å². The molecule has 8 heteroatoms. The Labute approximate surface area is 187 Å². The number of imidazole rings is 1. The number of benzene rings is 2. The molecule has 0 fully saturated rings. The Morgan fingerprint density at radius 3 is 2.75 bits per heavy atom. The number of nitrogens with zero attached hydrogens (tertiary/aromatic N) is 5. The van der Waals surface area contributed by atoms with E-state index in [1.54, 1.807) is 25.0 Å². The fourth-order valence-electron chi connectivity index (χ4n) is 4.43. The lowest BCUT2D eigenvalue weighted by atomic mass is 10.0. The zero-order chi connectivity index (χ0) is 23.0. The Morgan fingerprint density at radius 1 is 1.28 bits per heavy atom. The van der Waals surface area contributed by atoms with E-state index in [4.69, 9.17) is 4.74 Å². The van der Waals surface area contributed by atoms with Crippen LogP contribution in [-0.4, -0.2) is 48.6 Å². The standard InChI is InChI=1S/C24H29N5O3/c1-6-32-24(31)22(23-27(3)17-11-7-8-12-18(17)28(23)4)25-29(5)20-14-16-10-9-13-26(2)19(16)15-21(20)30/h7-8,11-12,14-15H,6,9-10,13H2,1-5H3/p+1. The molecule has 0 unspecified atom stereocenters. The van der Waals surface area contributed by atoms with Gasteiger partial charge in [0.2, 0.25) is 0 Å². The van der Waals surface area contributed by atoms with Gasteiger partial charge in [0.1, 0.15) is 11.4 Å². The molecule has 0 bridgehead atoms. The first kappa shape index (κ1) is 21.7. The minimum absolute atomic E-state index is 0.119. The maximum absolute atomic E-state index is 13.0. The molecule has 2 aromatic carbocycles. The minimum atomic E-state index is -0.516. The first-order valence-corrected chi connectivity index (χ1v) is 10.8. The number of fused-ring (bicyclic) bond motifs is 2. The second kappa shape index (κ2) is 8.53. The molecule has 0 saturated heterocycles. The van der Waals surface area contributed by atoms with Crippen molar-refractivity contribution in [3.63, 3.8) is 0 Å². The zero-order valence-electron chi connectivity index (χ0n) is 19.3. The zero-order valence-corrected chi connectivity index (χ0v) is 19.3. The maximum atomic E-state index is 13.0. The van der Waals surface area contributed by atoms with Gasteiger partial charge in [0.25, 0.3) is 5.71 Å². The monoisotopic (exact) mass is 436 g/mol. The number of esters is 1. The van der Waals surface area contributed by atoms with E-state index in [-0.39, 0.29) is 18.1 Å². The van der Waals surface area contributed by atoms with Gasteiger partial charge in [-0.05, 0) is 43.5 Å². The van der Waals surface area contributed by atoms with E-state index < -0.39 is 5.97 Å². The molecule has 168 valence electrons. The number of carbonyl (C=O) groups excluding carboxylic acids is 1. The summed E-state index contributed by atoms with van der Waals surface area (Å²) >= 11 is 0. The topological polar surface area (TPSA) is 74.2 Å². The first-order valence-electron chi connectivity index (χ1n) is 10.8. The number of ether oxygens (including phenoxy) is 1. The number of rotatable bonds is 5. The van der Waals surface area contributed by atoms with Crippen LogP contribution >= 0.6 is 0 Å². The summed E-state index contributed by atoms with van der Waals surface area (Å²) in [6.07, 6.45) is 1.99. The third-order valence-electron chi connectivity index (χ3n) is 6.05. The molecule has 0 amide bonds. The predicted molar refractivity (Wildman–Crippen MR) is 125 cm³/mol. The number of anilines is 2. The summed E-state index contributed by atoms with van der Waals surface area (Å²) in [5.74, 6) is 0.222. The third kappa shape index (κ3) is 3.66. The van der Waals surface area contributed by atoms with Gasteiger partial charge < -0.3 is 14.7 Å². The second-order valence-electron chi connectivity index (χ2n) is 8.12. The molecule has 8 nitrogen and oxygen atoms in total. The number of phenolic OH excluding ortho intramolecular Hbond substituents is 1.